The minimum Gasteiger partial charge on any atom is -0.475 e. The topological polar surface area (TPSA) is 56.3 Å². The number of rotatable bonds is 5. The van der Waals surface area contributed by atoms with E-state index >= 15 is 0 Å². The Morgan fingerprint density at radius 3 is 2.89 bits per heavy atom. The van der Waals surface area contributed by atoms with Gasteiger partial charge >= 0.3 is 0 Å². The van der Waals surface area contributed by atoms with Crippen LogP contribution < -0.4 is 14.8 Å². The molecule has 2 rings (SSSR count). The molecule has 1 aromatic rings. The quantitative estimate of drug-likeness (QED) is 0.864. The van der Waals surface area contributed by atoms with E-state index < -0.39 is 0 Å². The highest BCUT2D eigenvalue weighted by molar-refractivity contribution is 5.12. The molecule has 18 heavy (non-hydrogen) atoms. The number of aromatic nitrogens is 2. The summed E-state index contributed by atoms with van der Waals surface area (Å²) in [4.78, 5) is 8.33. The van der Waals surface area contributed by atoms with Crippen LogP contribution in [-0.4, -0.2) is 35.3 Å². The second kappa shape index (κ2) is 6.54. The van der Waals surface area contributed by atoms with Crippen LogP contribution in [-0.2, 0) is 0 Å². The van der Waals surface area contributed by atoms with Crippen LogP contribution in [0.25, 0.3) is 0 Å². The summed E-state index contributed by atoms with van der Waals surface area (Å²) in [6.07, 6.45) is 7.00. The molecule has 2 heterocycles. The Labute approximate surface area is 108 Å². The third kappa shape index (κ3) is 4.14. The lowest BCUT2D eigenvalue weighted by molar-refractivity contribution is 0.212. The number of hydrogen-bond acceptors (Lipinski definition) is 5. The van der Waals surface area contributed by atoms with Crippen molar-refractivity contribution in [3.63, 3.8) is 0 Å². The zero-order chi connectivity index (χ0) is 12.8. The van der Waals surface area contributed by atoms with Crippen molar-refractivity contribution in [3.8, 4) is 11.8 Å². The minimum absolute atomic E-state index is 0.0922. The Kier molecular flexibility index (Phi) is 4.75. The van der Waals surface area contributed by atoms with Gasteiger partial charge in [0.2, 0.25) is 11.8 Å². The molecule has 1 aliphatic heterocycles. The SMILES string of the molecule is CC(C)Oc1cncc(OCC2CCCCN2)n1. The Balaban J connectivity index is 1.84. The molecule has 1 aliphatic rings. The summed E-state index contributed by atoms with van der Waals surface area (Å²) in [5, 5.41) is 3.43. The summed E-state index contributed by atoms with van der Waals surface area (Å²) in [7, 11) is 0. The Morgan fingerprint density at radius 2 is 2.17 bits per heavy atom. The van der Waals surface area contributed by atoms with Crippen LogP contribution in [0.15, 0.2) is 12.4 Å². The maximum atomic E-state index is 5.65. The van der Waals surface area contributed by atoms with Gasteiger partial charge in [-0.1, -0.05) is 6.42 Å². The average Bonchev–Trinajstić information content (AvgIpc) is 2.37. The van der Waals surface area contributed by atoms with Gasteiger partial charge in [0.25, 0.3) is 0 Å². The number of nitrogens with zero attached hydrogens (tertiary/aromatic N) is 2. The van der Waals surface area contributed by atoms with E-state index in [1.165, 1.54) is 12.8 Å². The highest BCUT2D eigenvalue weighted by Crippen LogP contribution is 2.14. The molecule has 1 fully saturated rings. The van der Waals surface area contributed by atoms with Gasteiger partial charge in [-0.25, -0.2) is 0 Å². The minimum atomic E-state index is 0.0922. The monoisotopic (exact) mass is 251 g/mol. The van der Waals surface area contributed by atoms with E-state index in [1.54, 1.807) is 12.4 Å². The molecular weight excluding hydrogens is 230 g/mol. The molecule has 1 saturated heterocycles. The number of nitrogens with one attached hydrogen (secondary N) is 1. The van der Waals surface area contributed by atoms with Gasteiger partial charge in [0.05, 0.1) is 18.5 Å². The maximum Gasteiger partial charge on any atom is 0.235 e. The fourth-order valence-electron chi connectivity index (χ4n) is 1.95. The molecule has 1 unspecified atom stereocenters. The molecule has 0 spiro atoms. The Bertz CT molecular complexity index is 365. The second-order valence-electron chi connectivity index (χ2n) is 4.82. The van der Waals surface area contributed by atoms with Crippen LogP contribution >= 0.6 is 0 Å². The largest absolute Gasteiger partial charge is 0.475 e. The highest BCUT2D eigenvalue weighted by Gasteiger charge is 2.13. The van der Waals surface area contributed by atoms with Crippen LogP contribution in [0, 0.1) is 0 Å². The number of hydrogen-bond donors (Lipinski definition) is 1. The molecule has 0 saturated carbocycles. The summed E-state index contributed by atoms with van der Waals surface area (Å²) >= 11 is 0. The second-order valence-corrected chi connectivity index (χ2v) is 4.82. The lowest BCUT2D eigenvalue weighted by Crippen LogP contribution is -2.38. The number of ether oxygens (including phenoxy) is 2. The summed E-state index contributed by atoms with van der Waals surface area (Å²) in [6, 6.07) is 0.426. The van der Waals surface area contributed by atoms with Crippen LogP contribution in [0.3, 0.4) is 0 Å². The van der Waals surface area contributed by atoms with E-state index in [0.29, 0.717) is 24.4 Å². The predicted octanol–water partition coefficient (Wildman–Crippen LogP) is 1.78. The molecule has 0 aliphatic carbocycles. The summed E-state index contributed by atoms with van der Waals surface area (Å²) < 4.78 is 11.1. The smallest absolute Gasteiger partial charge is 0.235 e. The first-order chi connectivity index (χ1) is 8.74. The van der Waals surface area contributed by atoms with E-state index in [1.807, 2.05) is 13.8 Å². The number of piperidine rings is 1. The maximum absolute atomic E-state index is 5.65. The molecular formula is C13H21N3O2. The third-order valence-corrected chi connectivity index (χ3v) is 2.79. The van der Waals surface area contributed by atoms with Gasteiger partial charge in [-0.3, -0.25) is 4.98 Å². The van der Waals surface area contributed by atoms with E-state index in [4.69, 9.17) is 9.47 Å². The van der Waals surface area contributed by atoms with Gasteiger partial charge in [0.1, 0.15) is 6.61 Å². The molecule has 0 amide bonds. The van der Waals surface area contributed by atoms with Crippen LogP contribution in [0.1, 0.15) is 33.1 Å². The summed E-state index contributed by atoms with van der Waals surface area (Å²) in [5.74, 6) is 1.04. The fraction of sp³-hybridized carbons (Fsp3) is 0.692. The normalized spacial score (nSPS) is 19.8. The standard InChI is InChI=1S/C13H21N3O2/c1-10(2)18-13-8-14-7-12(16-13)17-9-11-5-3-4-6-15-11/h7-8,10-11,15H,3-6,9H2,1-2H3. The zero-order valence-corrected chi connectivity index (χ0v) is 11.1. The predicted molar refractivity (Wildman–Crippen MR) is 68.9 cm³/mol. The van der Waals surface area contributed by atoms with Crippen molar-refractivity contribution in [2.45, 2.75) is 45.3 Å². The first-order valence-electron chi connectivity index (χ1n) is 6.59. The van der Waals surface area contributed by atoms with Crippen molar-refractivity contribution in [3.05, 3.63) is 12.4 Å². The molecule has 0 aromatic carbocycles. The molecule has 5 heteroatoms. The van der Waals surface area contributed by atoms with Crippen molar-refractivity contribution in [2.75, 3.05) is 13.2 Å². The fourth-order valence-corrected chi connectivity index (χ4v) is 1.95. The highest BCUT2D eigenvalue weighted by atomic mass is 16.5. The molecule has 0 radical (unpaired) electrons. The molecule has 1 N–H and O–H groups in total. The third-order valence-electron chi connectivity index (χ3n) is 2.79. The zero-order valence-electron chi connectivity index (χ0n) is 11.1. The molecule has 100 valence electrons. The summed E-state index contributed by atoms with van der Waals surface area (Å²) in [6.45, 7) is 5.64. The van der Waals surface area contributed by atoms with Gasteiger partial charge in [0.15, 0.2) is 0 Å². The van der Waals surface area contributed by atoms with Gasteiger partial charge in [-0.2, -0.15) is 4.98 Å². The summed E-state index contributed by atoms with van der Waals surface area (Å²) in [5.41, 5.74) is 0. The van der Waals surface area contributed by atoms with Crippen molar-refractivity contribution in [2.24, 2.45) is 0 Å². The van der Waals surface area contributed by atoms with Crippen molar-refractivity contribution < 1.29 is 9.47 Å². The van der Waals surface area contributed by atoms with Crippen LogP contribution in [0.5, 0.6) is 11.8 Å². The van der Waals surface area contributed by atoms with Gasteiger partial charge < -0.3 is 14.8 Å². The molecule has 1 atom stereocenters. The van der Waals surface area contributed by atoms with E-state index in [0.717, 1.165) is 13.0 Å². The van der Waals surface area contributed by atoms with Gasteiger partial charge in [-0.15, -0.1) is 0 Å². The van der Waals surface area contributed by atoms with Gasteiger partial charge in [-0.05, 0) is 33.2 Å². The lowest BCUT2D eigenvalue weighted by atomic mass is 10.1. The lowest BCUT2D eigenvalue weighted by Gasteiger charge is -2.23. The first kappa shape index (κ1) is 13.1. The Morgan fingerprint density at radius 1 is 1.33 bits per heavy atom. The van der Waals surface area contributed by atoms with Crippen LogP contribution in [0.4, 0.5) is 0 Å². The average molecular weight is 251 g/mol. The van der Waals surface area contributed by atoms with Crippen LogP contribution in [0.2, 0.25) is 0 Å². The van der Waals surface area contributed by atoms with Crippen molar-refractivity contribution in [1.29, 1.82) is 0 Å². The molecule has 5 nitrogen and oxygen atoms in total. The van der Waals surface area contributed by atoms with Crippen molar-refractivity contribution >= 4 is 0 Å². The molecule has 0 bridgehead atoms. The van der Waals surface area contributed by atoms with Crippen molar-refractivity contribution in [1.82, 2.24) is 15.3 Å². The van der Waals surface area contributed by atoms with E-state index in [2.05, 4.69) is 15.3 Å². The van der Waals surface area contributed by atoms with E-state index in [-0.39, 0.29) is 6.10 Å². The van der Waals surface area contributed by atoms with Gasteiger partial charge in [0, 0.05) is 6.04 Å². The van der Waals surface area contributed by atoms with E-state index in [9.17, 15) is 0 Å². The molecule has 1 aromatic heterocycles. The first-order valence-corrected chi connectivity index (χ1v) is 6.59. The Hall–Kier alpha value is -1.36.